The minimum Gasteiger partial charge on any atom is -0.305 e. The van der Waals surface area contributed by atoms with Crippen LogP contribution in [-0.2, 0) is 12.8 Å². The van der Waals surface area contributed by atoms with E-state index in [1.807, 2.05) is 23.7 Å². The third kappa shape index (κ3) is 3.24. The Morgan fingerprint density at radius 1 is 1.25 bits per heavy atom. The van der Waals surface area contributed by atoms with Gasteiger partial charge in [0.25, 0.3) is 5.69 Å². The molecule has 2 heterocycles. The molecule has 0 fully saturated rings. The molecule has 0 bridgehead atoms. The number of pyridine rings is 1. The van der Waals surface area contributed by atoms with Gasteiger partial charge in [-0.25, -0.2) is 0 Å². The van der Waals surface area contributed by atoms with Gasteiger partial charge in [0.05, 0.1) is 15.5 Å². The van der Waals surface area contributed by atoms with E-state index >= 15 is 0 Å². The number of nitro groups is 1. The summed E-state index contributed by atoms with van der Waals surface area (Å²) in [5, 5.41) is 20.5. The zero-order valence-corrected chi connectivity index (χ0v) is 14.2. The highest BCUT2D eigenvalue weighted by Gasteiger charge is 2.18. The number of aromatic nitrogens is 4. The van der Waals surface area contributed by atoms with Gasteiger partial charge >= 0.3 is 0 Å². The van der Waals surface area contributed by atoms with Gasteiger partial charge in [0.15, 0.2) is 11.0 Å². The number of benzene rings is 1. The lowest BCUT2D eigenvalue weighted by atomic mass is 10.2. The Labute approximate surface area is 146 Å². The number of nitrogens with zero attached hydrogens (tertiary/aromatic N) is 5. The largest absolute Gasteiger partial charge is 0.305 e. The second-order valence-corrected chi connectivity index (χ2v) is 6.23. The quantitative estimate of drug-likeness (QED) is 0.391. The Hall–Kier alpha value is -2.45. The van der Waals surface area contributed by atoms with E-state index < -0.39 is 4.92 Å². The van der Waals surface area contributed by atoms with Crippen LogP contribution in [-0.4, -0.2) is 24.7 Å². The maximum atomic E-state index is 11.1. The molecule has 0 amide bonds. The minimum atomic E-state index is -0.430. The molecule has 0 atom stereocenters. The molecule has 0 saturated carbocycles. The van der Waals surface area contributed by atoms with E-state index in [0.717, 1.165) is 5.56 Å². The van der Waals surface area contributed by atoms with E-state index in [9.17, 15) is 10.1 Å². The molecule has 7 nitrogen and oxygen atoms in total. The molecule has 0 aliphatic rings. The molecule has 2 aromatic heterocycles. The second-order valence-electron chi connectivity index (χ2n) is 4.88. The van der Waals surface area contributed by atoms with Crippen molar-refractivity contribution in [2.75, 3.05) is 0 Å². The Morgan fingerprint density at radius 2 is 2.00 bits per heavy atom. The van der Waals surface area contributed by atoms with Crippen LogP contribution in [0.3, 0.4) is 0 Å². The smallest absolute Gasteiger partial charge is 0.274 e. The predicted molar refractivity (Wildman–Crippen MR) is 91.9 cm³/mol. The molecule has 3 rings (SSSR count). The van der Waals surface area contributed by atoms with E-state index in [1.165, 1.54) is 17.8 Å². The van der Waals surface area contributed by atoms with Crippen molar-refractivity contribution < 1.29 is 4.92 Å². The lowest BCUT2D eigenvalue weighted by molar-refractivity contribution is -0.385. The van der Waals surface area contributed by atoms with Gasteiger partial charge in [-0.1, -0.05) is 29.4 Å². The summed E-state index contributed by atoms with van der Waals surface area (Å²) >= 11 is 7.46. The van der Waals surface area contributed by atoms with Gasteiger partial charge in [0.2, 0.25) is 0 Å². The van der Waals surface area contributed by atoms with Crippen LogP contribution in [0, 0.1) is 10.1 Å². The van der Waals surface area contributed by atoms with Crippen molar-refractivity contribution in [2.45, 2.75) is 10.9 Å². The zero-order chi connectivity index (χ0) is 17.1. The molecule has 3 aromatic rings. The van der Waals surface area contributed by atoms with E-state index in [1.54, 1.807) is 24.5 Å². The van der Waals surface area contributed by atoms with Crippen molar-refractivity contribution in [2.24, 2.45) is 7.05 Å². The standard InChI is InChI=1S/C15H12ClN5O2S/c1-20-14(10-5-7-17-8-6-10)18-19-15(20)24-9-11-12(16)3-2-4-13(11)21(22)23/h2-8H,9H2,1H3. The van der Waals surface area contributed by atoms with Crippen LogP contribution in [0.2, 0.25) is 5.02 Å². The van der Waals surface area contributed by atoms with Crippen LogP contribution >= 0.6 is 23.4 Å². The first-order chi connectivity index (χ1) is 11.6. The minimum absolute atomic E-state index is 0.00604. The molecule has 0 radical (unpaired) electrons. The van der Waals surface area contributed by atoms with Gasteiger partial charge in [0, 0.05) is 36.8 Å². The average Bonchev–Trinajstić information content (AvgIpc) is 2.95. The molecule has 0 saturated heterocycles. The van der Waals surface area contributed by atoms with Crippen LogP contribution in [0.25, 0.3) is 11.4 Å². The van der Waals surface area contributed by atoms with Crippen LogP contribution in [0.4, 0.5) is 5.69 Å². The number of halogens is 1. The summed E-state index contributed by atoms with van der Waals surface area (Å²) in [4.78, 5) is 14.7. The van der Waals surface area contributed by atoms with Crippen molar-refractivity contribution in [1.82, 2.24) is 19.7 Å². The fourth-order valence-corrected chi connectivity index (χ4v) is 3.46. The Bertz CT molecular complexity index is 885. The van der Waals surface area contributed by atoms with Crippen molar-refractivity contribution >= 4 is 29.1 Å². The van der Waals surface area contributed by atoms with E-state index in [0.29, 0.717) is 27.3 Å². The van der Waals surface area contributed by atoms with Gasteiger partial charge < -0.3 is 4.57 Å². The first-order valence-corrected chi connectivity index (χ1v) is 8.28. The van der Waals surface area contributed by atoms with Gasteiger partial charge in [0.1, 0.15) is 0 Å². The molecule has 1 aromatic carbocycles. The van der Waals surface area contributed by atoms with Crippen LogP contribution in [0.1, 0.15) is 5.56 Å². The van der Waals surface area contributed by atoms with Gasteiger partial charge in [-0.15, -0.1) is 10.2 Å². The summed E-state index contributed by atoms with van der Waals surface area (Å²) < 4.78 is 1.84. The summed E-state index contributed by atoms with van der Waals surface area (Å²) in [5.74, 6) is 1.03. The summed E-state index contributed by atoms with van der Waals surface area (Å²) in [6.07, 6.45) is 3.37. The number of thioether (sulfide) groups is 1. The highest BCUT2D eigenvalue weighted by Crippen LogP contribution is 2.32. The molecule has 0 aliphatic heterocycles. The van der Waals surface area contributed by atoms with Crippen LogP contribution < -0.4 is 0 Å². The maximum absolute atomic E-state index is 11.1. The van der Waals surface area contributed by atoms with Crippen LogP contribution in [0.15, 0.2) is 47.9 Å². The average molecular weight is 362 g/mol. The summed E-state index contributed by atoms with van der Waals surface area (Å²) in [6, 6.07) is 8.34. The van der Waals surface area contributed by atoms with E-state index in [2.05, 4.69) is 15.2 Å². The molecule has 9 heteroatoms. The molecule has 0 spiro atoms. The number of hydrogen-bond donors (Lipinski definition) is 0. The molecular weight excluding hydrogens is 350 g/mol. The summed E-state index contributed by atoms with van der Waals surface area (Å²) in [7, 11) is 1.85. The molecule has 122 valence electrons. The first kappa shape index (κ1) is 16.4. The molecule has 24 heavy (non-hydrogen) atoms. The molecule has 0 unspecified atom stereocenters. The Balaban J connectivity index is 1.84. The maximum Gasteiger partial charge on any atom is 0.274 e. The van der Waals surface area contributed by atoms with Crippen molar-refractivity contribution in [3.63, 3.8) is 0 Å². The van der Waals surface area contributed by atoms with E-state index in [-0.39, 0.29) is 5.69 Å². The van der Waals surface area contributed by atoms with Crippen molar-refractivity contribution in [3.05, 3.63) is 63.4 Å². The fraction of sp³-hybridized carbons (Fsp3) is 0.133. The van der Waals surface area contributed by atoms with E-state index in [4.69, 9.17) is 11.6 Å². The zero-order valence-electron chi connectivity index (χ0n) is 12.6. The third-order valence-electron chi connectivity index (χ3n) is 3.41. The SMILES string of the molecule is Cn1c(SCc2c(Cl)cccc2[N+](=O)[O-])nnc1-c1ccncc1. The highest BCUT2D eigenvalue weighted by molar-refractivity contribution is 7.98. The topological polar surface area (TPSA) is 86.7 Å². The van der Waals surface area contributed by atoms with Crippen molar-refractivity contribution in [1.29, 1.82) is 0 Å². The van der Waals surface area contributed by atoms with Gasteiger partial charge in [-0.3, -0.25) is 15.1 Å². The third-order valence-corrected chi connectivity index (χ3v) is 4.81. The highest BCUT2D eigenvalue weighted by atomic mass is 35.5. The molecule has 0 N–H and O–H groups in total. The predicted octanol–water partition coefficient (Wildman–Crippen LogP) is 3.73. The fourth-order valence-electron chi connectivity index (χ4n) is 2.19. The summed E-state index contributed by atoms with van der Waals surface area (Å²) in [6.45, 7) is 0. The van der Waals surface area contributed by atoms with Crippen molar-refractivity contribution in [3.8, 4) is 11.4 Å². The number of hydrogen-bond acceptors (Lipinski definition) is 6. The van der Waals surface area contributed by atoms with Gasteiger partial charge in [-0.2, -0.15) is 0 Å². The molecule has 0 aliphatic carbocycles. The Kier molecular flexibility index (Phi) is 4.77. The lowest BCUT2D eigenvalue weighted by Crippen LogP contribution is -1.97. The number of rotatable bonds is 5. The van der Waals surface area contributed by atoms with Crippen LogP contribution in [0.5, 0.6) is 0 Å². The molecular formula is C15H12ClN5O2S. The normalized spacial score (nSPS) is 10.8. The van der Waals surface area contributed by atoms with Gasteiger partial charge in [-0.05, 0) is 18.2 Å². The lowest BCUT2D eigenvalue weighted by Gasteiger charge is -2.06. The second kappa shape index (κ2) is 6.98. The first-order valence-electron chi connectivity index (χ1n) is 6.92. The number of nitro benzene ring substituents is 1. The summed E-state index contributed by atoms with van der Waals surface area (Å²) in [5.41, 5.74) is 1.38. The Morgan fingerprint density at radius 3 is 2.71 bits per heavy atom. The monoisotopic (exact) mass is 361 g/mol.